The summed E-state index contributed by atoms with van der Waals surface area (Å²) in [6.45, 7) is 11.9. The van der Waals surface area contributed by atoms with E-state index in [1.165, 1.54) is 101 Å². The minimum Gasteiger partial charge on any atom is -0.333 e. The lowest BCUT2D eigenvalue weighted by Crippen LogP contribution is -2.26. The van der Waals surface area contributed by atoms with Crippen molar-refractivity contribution >= 4 is 27.6 Å². The molecule has 58 heavy (non-hydrogen) atoms. The summed E-state index contributed by atoms with van der Waals surface area (Å²) in [5, 5.41) is 5.11. The number of rotatable bonds is 6. The second-order valence-electron chi connectivity index (χ2n) is 16.7. The summed E-state index contributed by atoms with van der Waals surface area (Å²) in [7, 11) is 1.50. The average molecular weight is 752 g/mol. The first-order valence-electron chi connectivity index (χ1n) is 20.6. The molecule has 2 N–H and O–H groups in total. The van der Waals surface area contributed by atoms with E-state index in [-0.39, 0.29) is 10.8 Å². The van der Waals surface area contributed by atoms with Gasteiger partial charge in [0.15, 0.2) is 0 Å². The topological polar surface area (TPSA) is 26.0 Å². The largest absolute Gasteiger partial charge is 0.333 e. The van der Waals surface area contributed by atoms with Crippen molar-refractivity contribution < 1.29 is 0 Å². The molecule has 0 amide bonds. The molecular formula is C57H53N. The molecule has 1 aliphatic rings. The molecule has 0 bridgehead atoms. The first kappa shape index (κ1) is 38.6. The summed E-state index contributed by atoms with van der Waals surface area (Å²) >= 11 is 0. The van der Waals surface area contributed by atoms with Crippen molar-refractivity contribution in [2.24, 2.45) is 5.73 Å². The summed E-state index contributed by atoms with van der Waals surface area (Å²) < 4.78 is 0. The van der Waals surface area contributed by atoms with Gasteiger partial charge in [-0.15, -0.1) is 0 Å². The Morgan fingerprint density at radius 3 is 1.48 bits per heavy atom. The molecule has 8 aromatic rings. The van der Waals surface area contributed by atoms with Crippen molar-refractivity contribution in [2.75, 3.05) is 7.05 Å². The fraction of sp³-hybridized carbons (Fsp3) is 0.158. The number of allylic oxidation sites excluding steroid dienone is 3. The summed E-state index contributed by atoms with van der Waals surface area (Å²) in [4.78, 5) is 0. The van der Waals surface area contributed by atoms with Crippen molar-refractivity contribution in [3.8, 4) is 44.5 Å². The lowest BCUT2D eigenvalue weighted by atomic mass is 9.68. The van der Waals surface area contributed by atoms with E-state index in [0.717, 1.165) is 6.42 Å². The zero-order valence-electron chi connectivity index (χ0n) is 34.7. The molecule has 9 rings (SSSR count). The summed E-state index contributed by atoms with van der Waals surface area (Å²) in [6.07, 6.45) is 10.1. The quantitative estimate of drug-likeness (QED) is 0.168. The van der Waals surface area contributed by atoms with Gasteiger partial charge in [0, 0.05) is 5.41 Å². The minimum absolute atomic E-state index is 0.0105. The zero-order valence-corrected chi connectivity index (χ0v) is 34.7. The molecule has 0 aliphatic heterocycles. The molecule has 0 atom stereocenters. The zero-order chi connectivity index (χ0) is 40.4. The number of hydrogen-bond acceptors (Lipinski definition) is 1. The highest BCUT2D eigenvalue weighted by Crippen LogP contribution is 2.46. The standard InChI is InChI=1S/C56H48.CH5N/c1-38-28-29-43(35-50(38)56(4,5)52-37-44(39-19-9-6-10-20-39)36-51-49(52)27-13-8-18-34-55(51,2)3)40-30-32-42(33-31-40)54-47-25-16-14-23-45(47)53(41-21-11-7-12-22-41)46-24-15-17-26-48(46)54;1-2/h6-33,35-37H,34H2,1-5H3;2H2,1H3/b18-8-,27-13-;. The Morgan fingerprint density at radius 2 is 0.914 bits per heavy atom. The Hall–Kier alpha value is -6.28. The van der Waals surface area contributed by atoms with Crippen molar-refractivity contribution in [2.45, 2.75) is 51.9 Å². The van der Waals surface area contributed by atoms with Gasteiger partial charge < -0.3 is 5.73 Å². The Bertz CT molecular complexity index is 2740. The molecular weight excluding hydrogens is 699 g/mol. The molecule has 0 fully saturated rings. The normalized spacial score (nSPS) is 14.5. The Morgan fingerprint density at radius 1 is 0.466 bits per heavy atom. The molecule has 1 aliphatic carbocycles. The van der Waals surface area contributed by atoms with Crippen LogP contribution in [0.2, 0.25) is 0 Å². The van der Waals surface area contributed by atoms with E-state index < -0.39 is 0 Å². The highest BCUT2D eigenvalue weighted by atomic mass is 14.4. The summed E-state index contributed by atoms with van der Waals surface area (Å²) in [5.41, 5.74) is 21.0. The predicted octanol–water partition coefficient (Wildman–Crippen LogP) is 15.1. The molecule has 0 saturated carbocycles. The van der Waals surface area contributed by atoms with Crippen molar-refractivity contribution in [1.29, 1.82) is 0 Å². The van der Waals surface area contributed by atoms with Crippen molar-refractivity contribution in [1.82, 2.24) is 0 Å². The van der Waals surface area contributed by atoms with Gasteiger partial charge in [-0.05, 0) is 132 Å². The van der Waals surface area contributed by atoms with Crippen LogP contribution in [0.5, 0.6) is 0 Å². The number of hydrogen-bond donors (Lipinski definition) is 1. The Kier molecular flexibility index (Phi) is 10.6. The fourth-order valence-electron chi connectivity index (χ4n) is 9.21. The van der Waals surface area contributed by atoms with Crippen LogP contribution in [-0.2, 0) is 10.8 Å². The maximum atomic E-state index is 4.50. The van der Waals surface area contributed by atoms with Crippen LogP contribution in [0.15, 0.2) is 182 Å². The molecule has 1 heteroatoms. The molecule has 1 nitrogen and oxygen atoms in total. The number of nitrogens with two attached hydrogens (primary N) is 1. The van der Waals surface area contributed by atoms with E-state index in [4.69, 9.17) is 0 Å². The molecule has 0 saturated heterocycles. The summed E-state index contributed by atoms with van der Waals surface area (Å²) in [5.74, 6) is 0. The lowest BCUT2D eigenvalue weighted by Gasteiger charge is -2.35. The maximum Gasteiger partial charge on any atom is 0.0155 e. The Labute approximate surface area is 345 Å². The van der Waals surface area contributed by atoms with Crippen LogP contribution in [0.1, 0.15) is 61.9 Å². The SMILES string of the molecule is CN.Cc1ccc(-c2ccc(-c3c4ccccc4c(-c4ccccc4)c4ccccc34)cc2)cc1C(C)(C)c1cc(-c2ccccc2)cc2c1/C=C\C=C/CC2(C)C. The van der Waals surface area contributed by atoms with Gasteiger partial charge >= 0.3 is 0 Å². The van der Waals surface area contributed by atoms with Crippen molar-refractivity contribution in [3.63, 3.8) is 0 Å². The number of fused-ring (bicyclic) bond motifs is 3. The molecule has 0 unspecified atom stereocenters. The number of aryl methyl sites for hydroxylation is 1. The molecule has 8 aromatic carbocycles. The first-order chi connectivity index (χ1) is 28.2. The van der Waals surface area contributed by atoms with Crippen LogP contribution in [0.3, 0.4) is 0 Å². The maximum absolute atomic E-state index is 4.50. The van der Waals surface area contributed by atoms with Crippen LogP contribution in [0, 0.1) is 6.92 Å². The fourth-order valence-corrected chi connectivity index (χ4v) is 9.21. The van der Waals surface area contributed by atoms with E-state index in [1.54, 1.807) is 0 Å². The molecule has 0 heterocycles. The van der Waals surface area contributed by atoms with Crippen LogP contribution in [0.4, 0.5) is 0 Å². The van der Waals surface area contributed by atoms with Gasteiger partial charge in [0.1, 0.15) is 0 Å². The van der Waals surface area contributed by atoms with Gasteiger partial charge in [-0.3, -0.25) is 0 Å². The van der Waals surface area contributed by atoms with Crippen LogP contribution >= 0.6 is 0 Å². The van der Waals surface area contributed by atoms with Gasteiger partial charge in [-0.2, -0.15) is 0 Å². The first-order valence-corrected chi connectivity index (χ1v) is 20.6. The molecule has 0 radical (unpaired) electrons. The van der Waals surface area contributed by atoms with Gasteiger partial charge in [-0.1, -0.05) is 204 Å². The van der Waals surface area contributed by atoms with E-state index >= 15 is 0 Å². The van der Waals surface area contributed by atoms with E-state index in [2.05, 4.69) is 228 Å². The second-order valence-corrected chi connectivity index (χ2v) is 16.7. The lowest BCUT2D eigenvalue weighted by molar-refractivity contribution is 0.528. The highest BCUT2D eigenvalue weighted by Gasteiger charge is 2.33. The molecule has 286 valence electrons. The van der Waals surface area contributed by atoms with Gasteiger partial charge in [0.05, 0.1) is 0 Å². The van der Waals surface area contributed by atoms with Gasteiger partial charge in [0.25, 0.3) is 0 Å². The smallest absolute Gasteiger partial charge is 0.0155 e. The minimum atomic E-state index is -0.267. The number of benzene rings is 8. The molecule has 0 spiro atoms. The van der Waals surface area contributed by atoms with Crippen molar-refractivity contribution in [3.05, 3.63) is 210 Å². The van der Waals surface area contributed by atoms with E-state index in [1.807, 2.05) is 0 Å². The van der Waals surface area contributed by atoms with Gasteiger partial charge in [-0.25, -0.2) is 0 Å². The Balaban J connectivity index is 0.00000231. The summed E-state index contributed by atoms with van der Waals surface area (Å²) in [6, 6.07) is 60.7. The highest BCUT2D eigenvalue weighted by molar-refractivity contribution is 6.21. The predicted molar refractivity (Wildman–Crippen MR) is 252 cm³/mol. The van der Waals surface area contributed by atoms with E-state index in [0.29, 0.717) is 0 Å². The molecule has 0 aromatic heterocycles. The van der Waals surface area contributed by atoms with Gasteiger partial charge in [0.2, 0.25) is 0 Å². The van der Waals surface area contributed by atoms with Crippen LogP contribution in [-0.4, -0.2) is 7.05 Å². The average Bonchev–Trinajstić information content (AvgIpc) is 3.26. The third kappa shape index (κ3) is 7.01. The second kappa shape index (κ2) is 15.9. The van der Waals surface area contributed by atoms with Crippen LogP contribution in [0.25, 0.3) is 72.1 Å². The third-order valence-electron chi connectivity index (χ3n) is 12.2. The monoisotopic (exact) mass is 751 g/mol. The van der Waals surface area contributed by atoms with Crippen LogP contribution < -0.4 is 5.73 Å². The van der Waals surface area contributed by atoms with E-state index in [9.17, 15) is 0 Å². The third-order valence-corrected chi connectivity index (χ3v) is 12.2.